The number of aldehydes is 1. The van der Waals surface area contributed by atoms with Gasteiger partial charge in [-0.15, -0.1) is 0 Å². The van der Waals surface area contributed by atoms with Gasteiger partial charge in [0.15, 0.2) is 6.29 Å². The van der Waals surface area contributed by atoms with Crippen LogP contribution in [0.2, 0.25) is 0 Å². The molecule has 0 radical (unpaired) electrons. The van der Waals surface area contributed by atoms with Crippen LogP contribution >= 0.6 is 0 Å². The zero-order chi connectivity index (χ0) is 16.6. The summed E-state index contributed by atoms with van der Waals surface area (Å²) in [6, 6.07) is 0. The number of rotatable bonds is 6. The van der Waals surface area contributed by atoms with Gasteiger partial charge in [0.2, 0.25) is 0 Å². The Labute approximate surface area is 140 Å². The Morgan fingerprint density at radius 1 is 1.09 bits per heavy atom. The molecule has 0 aromatic rings. The molecule has 0 amide bonds. The highest BCUT2D eigenvalue weighted by Crippen LogP contribution is 2.58. The number of carbonyl (C=O) groups is 1. The molecule has 2 fully saturated rings. The molecular weight excluding hydrogens is 288 g/mol. The first-order valence-electron chi connectivity index (χ1n) is 9.33. The van der Waals surface area contributed by atoms with E-state index in [0.29, 0.717) is 17.8 Å². The molecule has 0 unspecified atom stereocenters. The summed E-state index contributed by atoms with van der Waals surface area (Å²) in [5.41, 5.74) is 0. The van der Waals surface area contributed by atoms with E-state index in [1.807, 2.05) is 0 Å². The standard InChI is InChI=1S/C20H32O3/c1-5-14-12(2)8-18-15(14)6-7-16-17(10-20(22-3)23-4)13(11-21)9-19(16)18/h6-7,11-20H,5,8-10H2,1-4H3/t12-,13+,14-,15+,16-,17+,18+,19+/m1/s1. The molecule has 3 heteroatoms. The molecule has 8 atom stereocenters. The molecule has 0 spiro atoms. The van der Waals surface area contributed by atoms with Crippen molar-refractivity contribution in [1.82, 2.24) is 0 Å². The van der Waals surface area contributed by atoms with Crippen molar-refractivity contribution in [2.24, 2.45) is 47.3 Å². The van der Waals surface area contributed by atoms with Crippen LogP contribution in [0, 0.1) is 47.3 Å². The molecule has 3 nitrogen and oxygen atoms in total. The lowest BCUT2D eigenvalue weighted by atomic mass is 9.69. The zero-order valence-electron chi connectivity index (χ0n) is 15.0. The lowest BCUT2D eigenvalue weighted by Gasteiger charge is -2.36. The summed E-state index contributed by atoms with van der Waals surface area (Å²) in [4.78, 5) is 11.7. The van der Waals surface area contributed by atoms with Crippen molar-refractivity contribution in [3.8, 4) is 0 Å². The molecule has 0 saturated heterocycles. The highest BCUT2D eigenvalue weighted by atomic mass is 16.7. The van der Waals surface area contributed by atoms with Crippen LogP contribution in [0.25, 0.3) is 0 Å². The molecule has 3 aliphatic carbocycles. The molecule has 0 aromatic carbocycles. The monoisotopic (exact) mass is 320 g/mol. The molecule has 130 valence electrons. The van der Waals surface area contributed by atoms with Crippen molar-refractivity contribution in [2.45, 2.75) is 45.8 Å². The summed E-state index contributed by atoms with van der Waals surface area (Å²) in [5, 5.41) is 0. The van der Waals surface area contributed by atoms with Gasteiger partial charge in [-0.05, 0) is 54.3 Å². The van der Waals surface area contributed by atoms with E-state index >= 15 is 0 Å². The highest BCUT2D eigenvalue weighted by molar-refractivity contribution is 5.55. The predicted molar refractivity (Wildman–Crippen MR) is 90.7 cm³/mol. The van der Waals surface area contributed by atoms with Gasteiger partial charge < -0.3 is 14.3 Å². The van der Waals surface area contributed by atoms with E-state index in [0.717, 1.165) is 36.5 Å². The van der Waals surface area contributed by atoms with Crippen LogP contribution in [0.4, 0.5) is 0 Å². The van der Waals surface area contributed by atoms with Crippen LogP contribution in [0.15, 0.2) is 12.2 Å². The van der Waals surface area contributed by atoms with Gasteiger partial charge in [0.1, 0.15) is 6.29 Å². The van der Waals surface area contributed by atoms with Crippen molar-refractivity contribution >= 4 is 6.29 Å². The summed E-state index contributed by atoms with van der Waals surface area (Å²) < 4.78 is 10.8. The lowest BCUT2D eigenvalue weighted by molar-refractivity contribution is -0.124. The summed E-state index contributed by atoms with van der Waals surface area (Å²) in [7, 11) is 3.38. The third kappa shape index (κ3) is 2.91. The van der Waals surface area contributed by atoms with Gasteiger partial charge in [-0.3, -0.25) is 0 Å². The smallest absolute Gasteiger partial charge is 0.157 e. The maximum Gasteiger partial charge on any atom is 0.157 e. The van der Waals surface area contributed by atoms with Crippen molar-refractivity contribution < 1.29 is 14.3 Å². The minimum Gasteiger partial charge on any atom is -0.356 e. The number of carbonyl (C=O) groups excluding carboxylic acids is 1. The molecule has 3 rings (SSSR count). The molecule has 0 bridgehead atoms. The molecule has 3 aliphatic rings. The maximum atomic E-state index is 11.7. The average Bonchev–Trinajstić information content (AvgIpc) is 3.08. The van der Waals surface area contributed by atoms with Gasteiger partial charge >= 0.3 is 0 Å². The SMILES string of the molecule is CC[C@H]1[C@@H]2C=C[C@@H]3[C@@H](CC(OC)OC)[C@H](C=O)C[C@@H]3[C@H]2C[C@H]1C. The second-order valence-electron chi connectivity index (χ2n) is 7.99. The minimum atomic E-state index is -0.196. The van der Waals surface area contributed by atoms with Crippen molar-refractivity contribution in [2.75, 3.05) is 14.2 Å². The van der Waals surface area contributed by atoms with Crippen LogP contribution in [0.5, 0.6) is 0 Å². The van der Waals surface area contributed by atoms with Crippen LogP contribution in [0.1, 0.15) is 39.5 Å². The first kappa shape index (κ1) is 17.2. The second-order valence-corrected chi connectivity index (χ2v) is 7.99. The third-order valence-corrected chi connectivity index (χ3v) is 7.19. The summed E-state index contributed by atoms with van der Waals surface area (Å²) in [6.07, 6.45) is 10.5. The quantitative estimate of drug-likeness (QED) is 0.422. The Hall–Kier alpha value is -0.670. The molecule has 0 heterocycles. The largest absolute Gasteiger partial charge is 0.356 e. The number of hydrogen-bond acceptors (Lipinski definition) is 3. The van der Waals surface area contributed by atoms with Crippen LogP contribution in [-0.4, -0.2) is 26.8 Å². The van der Waals surface area contributed by atoms with E-state index in [4.69, 9.17) is 9.47 Å². The van der Waals surface area contributed by atoms with Crippen LogP contribution in [-0.2, 0) is 14.3 Å². The fourth-order valence-corrected chi connectivity index (χ4v) is 6.13. The van der Waals surface area contributed by atoms with Gasteiger partial charge in [-0.25, -0.2) is 0 Å². The number of methoxy groups -OCH3 is 2. The van der Waals surface area contributed by atoms with Crippen molar-refractivity contribution in [1.29, 1.82) is 0 Å². The summed E-state index contributed by atoms with van der Waals surface area (Å²) in [6.45, 7) is 4.75. The molecule has 0 aromatic heterocycles. The molecule has 2 saturated carbocycles. The fraction of sp³-hybridized carbons (Fsp3) is 0.850. The van der Waals surface area contributed by atoms with Gasteiger partial charge in [0, 0.05) is 26.6 Å². The predicted octanol–water partition coefficient (Wildman–Crippen LogP) is 3.93. The van der Waals surface area contributed by atoms with E-state index in [1.165, 1.54) is 19.1 Å². The van der Waals surface area contributed by atoms with Crippen molar-refractivity contribution in [3.63, 3.8) is 0 Å². The summed E-state index contributed by atoms with van der Waals surface area (Å²) >= 11 is 0. The number of ether oxygens (including phenoxy) is 2. The number of fused-ring (bicyclic) bond motifs is 3. The van der Waals surface area contributed by atoms with E-state index in [1.54, 1.807) is 14.2 Å². The Kier molecular flexibility index (Phi) is 5.27. The minimum absolute atomic E-state index is 0.164. The Balaban J connectivity index is 1.81. The van der Waals surface area contributed by atoms with E-state index in [-0.39, 0.29) is 12.2 Å². The molecular formula is C20H32O3. The number of hydrogen-bond donors (Lipinski definition) is 0. The van der Waals surface area contributed by atoms with Crippen LogP contribution in [0.3, 0.4) is 0 Å². The van der Waals surface area contributed by atoms with E-state index in [9.17, 15) is 4.79 Å². The number of allylic oxidation sites excluding steroid dienone is 2. The normalized spacial score (nSPS) is 45.3. The fourth-order valence-electron chi connectivity index (χ4n) is 6.13. The average molecular weight is 320 g/mol. The van der Waals surface area contributed by atoms with E-state index in [2.05, 4.69) is 26.0 Å². The van der Waals surface area contributed by atoms with Gasteiger partial charge in [-0.2, -0.15) is 0 Å². The highest BCUT2D eigenvalue weighted by Gasteiger charge is 2.52. The second kappa shape index (κ2) is 7.06. The zero-order valence-corrected chi connectivity index (χ0v) is 15.0. The third-order valence-electron chi connectivity index (χ3n) is 7.19. The van der Waals surface area contributed by atoms with Crippen LogP contribution < -0.4 is 0 Å². The van der Waals surface area contributed by atoms with Gasteiger partial charge in [-0.1, -0.05) is 32.4 Å². The van der Waals surface area contributed by atoms with Gasteiger partial charge in [0.05, 0.1) is 0 Å². The maximum absolute atomic E-state index is 11.7. The molecule has 23 heavy (non-hydrogen) atoms. The van der Waals surface area contributed by atoms with Gasteiger partial charge in [0.25, 0.3) is 0 Å². The molecule has 0 aliphatic heterocycles. The lowest BCUT2D eigenvalue weighted by Crippen LogP contribution is -2.31. The first-order valence-corrected chi connectivity index (χ1v) is 9.33. The first-order chi connectivity index (χ1) is 11.1. The Morgan fingerprint density at radius 3 is 2.26 bits per heavy atom. The Bertz CT molecular complexity index is 442. The van der Waals surface area contributed by atoms with Crippen molar-refractivity contribution in [3.05, 3.63) is 12.2 Å². The summed E-state index contributed by atoms with van der Waals surface area (Å²) in [5.74, 6) is 4.91. The van der Waals surface area contributed by atoms with E-state index < -0.39 is 0 Å². The Morgan fingerprint density at radius 2 is 1.70 bits per heavy atom. The topological polar surface area (TPSA) is 35.5 Å². The molecule has 0 N–H and O–H groups in total.